The average molecular weight is 415 g/mol. The summed E-state index contributed by atoms with van der Waals surface area (Å²) in [6.45, 7) is 6.94. The van der Waals surface area contributed by atoms with Gasteiger partial charge in [0.1, 0.15) is 5.70 Å². The van der Waals surface area contributed by atoms with E-state index in [0.29, 0.717) is 17.9 Å². The molecule has 0 unspecified atom stereocenters. The van der Waals surface area contributed by atoms with E-state index in [0.717, 1.165) is 53.8 Å². The summed E-state index contributed by atoms with van der Waals surface area (Å²) in [5.74, 6) is -0.148. The van der Waals surface area contributed by atoms with Crippen LogP contribution in [-0.4, -0.2) is 50.7 Å². The average Bonchev–Trinajstić information content (AvgIpc) is 3.56. The SMILES string of the molecule is C=C1C2=C(C(=O)N1C1CC1)N(CC(=O)Nc1cnc(-c3cccnc3)cc1C)CCC2. The summed E-state index contributed by atoms with van der Waals surface area (Å²) in [5.41, 5.74) is 5.84. The van der Waals surface area contributed by atoms with Crippen molar-refractivity contribution in [2.45, 2.75) is 38.6 Å². The third kappa shape index (κ3) is 3.60. The zero-order valence-electron chi connectivity index (χ0n) is 17.6. The van der Waals surface area contributed by atoms with Gasteiger partial charge in [0.05, 0.1) is 24.1 Å². The first kappa shape index (κ1) is 19.5. The summed E-state index contributed by atoms with van der Waals surface area (Å²) in [6, 6.07) is 6.04. The van der Waals surface area contributed by atoms with Gasteiger partial charge in [-0.1, -0.05) is 6.58 Å². The Bertz CT molecular complexity index is 1100. The second kappa shape index (κ2) is 7.65. The lowest BCUT2D eigenvalue weighted by Gasteiger charge is -2.28. The molecule has 3 aliphatic rings. The van der Waals surface area contributed by atoms with Gasteiger partial charge in [-0.15, -0.1) is 0 Å². The molecule has 0 radical (unpaired) electrons. The predicted octanol–water partition coefficient (Wildman–Crippen LogP) is 3.26. The highest BCUT2D eigenvalue weighted by Gasteiger charge is 2.45. The van der Waals surface area contributed by atoms with E-state index >= 15 is 0 Å². The molecule has 158 valence electrons. The minimum absolute atomic E-state index is 0.00803. The van der Waals surface area contributed by atoms with Crippen LogP contribution in [-0.2, 0) is 9.59 Å². The molecule has 1 aliphatic carbocycles. The van der Waals surface area contributed by atoms with Crippen molar-refractivity contribution in [1.29, 1.82) is 0 Å². The fraction of sp³-hybridized carbons (Fsp3) is 0.333. The fourth-order valence-corrected chi connectivity index (χ4v) is 4.39. The van der Waals surface area contributed by atoms with Gasteiger partial charge in [-0.2, -0.15) is 0 Å². The molecule has 2 amide bonds. The first-order valence-corrected chi connectivity index (χ1v) is 10.7. The Hall–Kier alpha value is -3.48. The number of nitrogens with one attached hydrogen (secondary N) is 1. The largest absolute Gasteiger partial charge is 0.357 e. The van der Waals surface area contributed by atoms with Gasteiger partial charge in [-0.05, 0) is 56.4 Å². The fourth-order valence-electron chi connectivity index (χ4n) is 4.39. The molecule has 31 heavy (non-hydrogen) atoms. The van der Waals surface area contributed by atoms with Gasteiger partial charge in [0, 0.05) is 41.8 Å². The van der Waals surface area contributed by atoms with Crippen molar-refractivity contribution in [3.63, 3.8) is 0 Å². The molecule has 4 heterocycles. The van der Waals surface area contributed by atoms with Crippen molar-refractivity contribution in [3.05, 3.63) is 65.9 Å². The van der Waals surface area contributed by atoms with Gasteiger partial charge >= 0.3 is 0 Å². The number of aryl methyl sites for hydroxylation is 1. The Balaban J connectivity index is 1.29. The smallest absolute Gasteiger partial charge is 0.275 e. The molecule has 1 fully saturated rings. The van der Waals surface area contributed by atoms with Crippen LogP contribution < -0.4 is 5.32 Å². The summed E-state index contributed by atoms with van der Waals surface area (Å²) >= 11 is 0. The molecule has 2 aliphatic heterocycles. The lowest BCUT2D eigenvalue weighted by atomic mass is 10.0. The lowest BCUT2D eigenvalue weighted by Crippen LogP contribution is -2.39. The van der Waals surface area contributed by atoms with E-state index in [-0.39, 0.29) is 24.4 Å². The van der Waals surface area contributed by atoms with E-state index in [9.17, 15) is 9.59 Å². The van der Waals surface area contributed by atoms with Crippen LogP contribution in [0.3, 0.4) is 0 Å². The highest BCUT2D eigenvalue weighted by molar-refractivity contribution is 6.01. The molecule has 2 aromatic rings. The maximum atomic E-state index is 13.0. The molecule has 2 aromatic heterocycles. The van der Waals surface area contributed by atoms with Crippen molar-refractivity contribution >= 4 is 17.5 Å². The van der Waals surface area contributed by atoms with Crippen LogP contribution >= 0.6 is 0 Å². The molecular formula is C24H25N5O2. The van der Waals surface area contributed by atoms with Gasteiger partial charge in [0.25, 0.3) is 5.91 Å². The minimum atomic E-state index is -0.156. The molecule has 7 nitrogen and oxygen atoms in total. The molecule has 0 atom stereocenters. The summed E-state index contributed by atoms with van der Waals surface area (Å²) in [7, 11) is 0. The lowest BCUT2D eigenvalue weighted by molar-refractivity contribution is -0.126. The van der Waals surface area contributed by atoms with Crippen molar-refractivity contribution in [2.75, 3.05) is 18.4 Å². The number of amides is 2. The quantitative estimate of drug-likeness (QED) is 0.811. The molecule has 0 bridgehead atoms. The molecule has 0 spiro atoms. The zero-order valence-corrected chi connectivity index (χ0v) is 17.6. The Morgan fingerprint density at radius 2 is 2.16 bits per heavy atom. The van der Waals surface area contributed by atoms with Crippen molar-refractivity contribution in [1.82, 2.24) is 19.8 Å². The van der Waals surface area contributed by atoms with Gasteiger partial charge in [0.15, 0.2) is 0 Å². The minimum Gasteiger partial charge on any atom is -0.357 e. The number of aromatic nitrogens is 2. The highest BCUT2D eigenvalue weighted by atomic mass is 16.2. The van der Waals surface area contributed by atoms with Gasteiger partial charge in [0.2, 0.25) is 5.91 Å². The van der Waals surface area contributed by atoms with Crippen LogP contribution in [0.1, 0.15) is 31.2 Å². The van der Waals surface area contributed by atoms with Crippen LogP contribution in [0.5, 0.6) is 0 Å². The number of hydrogen-bond acceptors (Lipinski definition) is 5. The van der Waals surface area contributed by atoms with Crippen LogP contribution in [0, 0.1) is 6.92 Å². The van der Waals surface area contributed by atoms with Crippen molar-refractivity contribution < 1.29 is 9.59 Å². The number of rotatable bonds is 5. The topological polar surface area (TPSA) is 78.4 Å². The van der Waals surface area contributed by atoms with Gasteiger partial charge in [-0.3, -0.25) is 19.6 Å². The van der Waals surface area contributed by atoms with E-state index < -0.39 is 0 Å². The Labute approximate surface area is 181 Å². The monoisotopic (exact) mass is 415 g/mol. The first-order chi connectivity index (χ1) is 15.0. The summed E-state index contributed by atoms with van der Waals surface area (Å²) < 4.78 is 0. The predicted molar refractivity (Wildman–Crippen MR) is 118 cm³/mol. The van der Waals surface area contributed by atoms with Crippen molar-refractivity contribution in [3.8, 4) is 11.3 Å². The maximum absolute atomic E-state index is 13.0. The number of anilines is 1. The molecule has 7 heteroatoms. The standard InChI is InChI=1S/C24H25N5O2/c1-15-11-20(17-5-3-9-25-12-17)26-13-21(15)27-22(30)14-28-10-4-6-19-16(2)29(18-7-8-18)24(31)23(19)28/h3,5,9,11-13,18H,2,4,6-8,10,14H2,1H3,(H,27,30). The Morgan fingerprint density at radius 3 is 2.87 bits per heavy atom. The Morgan fingerprint density at radius 1 is 1.32 bits per heavy atom. The van der Waals surface area contributed by atoms with E-state index in [1.165, 1.54) is 0 Å². The van der Waals surface area contributed by atoms with Gasteiger partial charge < -0.3 is 15.1 Å². The molecule has 0 saturated heterocycles. The van der Waals surface area contributed by atoms with E-state index in [4.69, 9.17) is 0 Å². The molecular weight excluding hydrogens is 390 g/mol. The van der Waals surface area contributed by atoms with Crippen LogP contribution in [0.2, 0.25) is 0 Å². The zero-order chi connectivity index (χ0) is 21.5. The highest BCUT2D eigenvalue weighted by Crippen LogP contribution is 2.42. The second-order valence-electron chi connectivity index (χ2n) is 8.38. The Kier molecular flexibility index (Phi) is 4.81. The second-order valence-corrected chi connectivity index (χ2v) is 8.38. The van der Waals surface area contributed by atoms with Crippen molar-refractivity contribution in [2.24, 2.45) is 0 Å². The summed E-state index contributed by atoms with van der Waals surface area (Å²) in [5, 5.41) is 2.96. The first-order valence-electron chi connectivity index (χ1n) is 10.7. The number of carbonyl (C=O) groups excluding carboxylic acids is 2. The van der Waals surface area contributed by atoms with E-state index in [2.05, 4.69) is 21.9 Å². The number of carbonyl (C=O) groups is 2. The third-order valence-electron chi connectivity index (χ3n) is 6.11. The molecule has 1 N–H and O–H groups in total. The van der Waals surface area contributed by atoms with Crippen LogP contribution in [0.15, 0.2) is 60.3 Å². The molecule has 1 saturated carbocycles. The molecule has 5 rings (SSSR count). The maximum Gasteiger partial charge on any atom is 0.275 e. The van der Waals surface area contributed by atoms with Crippen LogP contribution in [0.4, 0.5) is 5.69 Å². The summed E-state index contributed by atoms with van der Waals surface area (Å²) in [4.78, 5) is 38.2. The van der Waals surface area contributed by atoms with E-state index in [1.54, 1.807) is 18.6 Å². The number of nitrogens with zero attached hydrogens (tertiary/aromatic N) is 4. The van der Waals surface area contributed by atoms with E-state index in [1.807, 2.05) is 34.9 Å². The number of allylic oxidation sites excluding steroid dienone is 1. The number of hydrogen-bond donors (Lipinski definition) is 1. The van der Waals surface area contributed by atoms with Crippen LogP contribution in [0.25, 0.3) is 11.3 Å². The van der Waals surface area contributed by atoms with Gasteiger partial charge in [-0.25, -0.2) is 0 Å². The normalized spacial score (nSPS) is 18.5. The molecule has 0 aromatic carbocycles. The third-order valence-corrected chi connectivity index (χ3v) is 6.11. The number of pyridine rings is 2. The summed E-state index contributed by atoms with van der Waals surface area (Å²) in [6.07, 6.45) is 8.99.